The number of hydrogen-bond donors (Lipinski definition) is 2. The Morgan fingerprint density at radius 3 is 2.37 bits per heavy atom. The van der Waals surface area contributed by atoms with Gasteiger partial charge in [-0.25, -0.2) is 13.8 Å². The van der Waals surface area contributed by atoms with Gasteiger partial charge in [-0.1, -0.05) is 55.8 Å². The van der Waals surface area contributed by atoms with E-state index in [-0.39, 0.29) is 12.1 Å². The molecule has 0 radical (unpaired) electrons. The molecule has 5 nitrogen and oxygen atoms in total. The van der Waals surface area contributed by atoms with Gasteiger partial charge in [0.2, 0.25) is 0 Å². The van der Waals surface area contributed by atoms with Crippen molar-refractivity contribution in [3.63, 3.8) is 0 Å². The number of unbranched alkanes of at least 4 members (excludes halogenated alkanes) is 1. The second-order valence-corrected chi connectivity index (χ2v) is 8.40. The Morgan fingerprint density at radius 1 is 1.00 bits per heavy atom. The van der Waals surface area contributed by atoms with Crippen LogP contribution in [0.1, 0.15) is 31.2 Å². The summed E-state index contributed by atoms with van der Waals surface area (Å²) in [7, 11) is 1.69. The highest BCUT2D eigenvalue weighted by Gasteiger charge is 2.19. The van der Waals surface area contributed by atoms with Crippen molar-refractivity contribution in [1.82, 2.24) is 9.55 Å². The van der Waals surface area contributed by atoms with E-state index in [1.165, 1.54) is 22.8 Å². The lowest BCUT2D eigenvalue weighted by molar-refractivity contribution is 0.580. The topological polar surface area (TPSA) is 72.9 Å². The first kappa shape index (κ1) is 24.1. The van der Waals surface area contributed by atoms with Crippen molar-refractivity contribution in [2.45, 2.75) is 32.7 Å². The zero-order chi connectivity index (χ0) is 24.9. The molecule has 0 atom stereocenters. The van der Waals surface area contributed by atoms with Crippen LogP contribution in [0, 0.1) is 11.6 Å². The van der Waals surface area contributed by atoms with Gasteiger partial charge in [0.05, 0.1) is 12.1 Å². The molecule has 3 aromatic carbocycles. The molecule has 35 heavy (non-hydrogen) atoms. The van der Waals surface area contributed by atoms with Gasteiger partial charge in [-0.3, -0.25) is 9.36 Å². The molecular formula is C28H28F2N4O. The van der Waals surface area contributed by atoms with E-state index < -0.39 is 11.6 Å². The Kier molecular flexibility index (Phi) is 7.25. The van der Waals surface area contributed by atoms with Crippen LogP contribution >= 0.6 is 0 Å². The maximum atomic E-state index is 15.3. The summed E-state index contributed by atoms with van der Waals surface area (Å²) in [5.41, 5.74) is 8.95. The Labute approximate surface area is 203 Å². The summed E-state index contributed by atoms with van der Waals surface area (Å²) in [6, 6.07) is 17.9. The summed E-state index contributed by atoms with van der Waals surface area (Å²) in [4.78, 5) is 18.4. The summed E-state index contributed by atoms with van der Waals surface area (Å²) < 4.78 is 30.3. The van der Waals surface area contributed by atoms with Gasteiger partial charge in [-0.15, -0.1) is 0 Å². The second-order valence-electron chi connectivity index (χ2n) is 8.40. The fraction of sp³-hybridized carbons (Fsp3) is 0.214. The van der Waals surface area contributed by atoms with Gasteiger partial charge >= 0.3 is 0 Å². The maximum absolute atomic E-state index is 15.3. The van der Waals surface area contributed by atoms with Crippen molar-refractivity contribution in [3.05, 3.63) is 100 Å². The number of nitrogens with zero attached hydrogens (tertiary/aromatic N) is 2. The molecule has 4 aromatic rings. The Morgan fingerprint density at radius 2 is 1.71 bits per heavy atom. The summed E-state index contributed by atoms with van der Waals surface area (Å²) >= 11 is 0. The quantitative estimate of drug-likeness (QED) is 0.313. The van der Waals surface area contributed by atoms with Gasteiger partial charge in [0.1, 0.15) is 23.3 Å². The standard InChI is InChI=1S/C28H28F2N4O/c1-3-4-9-25-33-27(32-2)26(18-12-14-21(29)15-13-18)28(35)34(25)17-20-11-10-19(16-23(20)30)22-7-5-6-8-24(22)31/h5-8,10-16,32H,3-4,9,17,31H2,1-2H3. The number of aromatic nitrogens is 2. The summed E-state index contributed by atoms with van der Waals surface area (Å²) in [6.45, 7) is 2.08. The van der Waals surface area contributed by atoms with E-state index in [1.54, 1.807) is 37.4 Å². The molecule has 4 rings (SSSR count). The van der Waals surface area contributed by atoms with Crippen LogP contribution < -0.4 is 16.6 Å². The SMILES string of the molecule is CCCCc1nc(NC)c(-c2ccc(F)cc2)c(=O)n1Cc1ccc(-c2ccccc2N)cc1F. The van der Waals surface area contributed by atoms with Crippen LogP contribution in [-0.2, 0) is 13.0 Å². The van der Waals surface area contributed by atoms with E-state index in [0.717, 1.165) is 18.4 Å². The first-order chi connectivity index (χ1) is 16.9. The van der Waals surface area contributed by atoms with Crippen LogP contribution in [0.15, 0.2) is 71.5 Å². The molecule has 0 bridgehead atoms. The highest BCUT2D eigenvalue weighted by molar-refractivity contribution is 5.76. The maximum Gasteiger partial charge on any atom is 0.263 e. The number of nitrogens with one attached hydrogen (secondary N) is 1. The lowest BCUT2D eigenvalue weighted by atomic mass is 10.0. The molecule has 1 aromatic heterocycles. The minimum atomic E-state index is -0.430. The normalized spacial score (nSPS) is 11.0. The van der Waals surface area contributed by atoms with Crippen LogP contribution in [-0.4, -0.2) is 16.6 Å². The number of nitrogen functional groups attached to an aromatic ring is 1. The van der Waals surface area contributed by atoms with Crippen LogP contribution in [0.4, 0.5) is 20.3 Å². The van der Waals surface area contributed by atoms with Crippen molar-refractivity contribution >= 4 is 11.5 Å². The molecule has 7 heteroatoms. The molecule has 180 valence electrons. The Bertz CT molecular complexity index is 1400. The smallest absolute Gasteiger partial charge is 0.263 e. The molecule has 0 saturated heterocycles. The minimum Gasteiger partial charge on any atom is -0.398 e. The van der Waals surface area contributed by atoms with Gasteiger partial charge in [0, 0.05) is 30.3 Å². The number of para-hydroxylation sites is 1. The zero-order valence-corrected chi connectivity index (χ0v) is 19.8. The summed E-state index contributed by atoms with van der Waals surface area (Å²) in [6.07, 6.45) is 2.33. The van der Waals surface area contributed by atoms with Crippen molar-refractivity contribution < 1.29 is 8.78 Å². The molecule has 3 N–H and O–H groups in total. The minimum absolute atomic E-state index is 0.0272. The largest absolute Gasteiger partial charge is 0.398 e. The fourth-order valence-corrected chi connectivity index (χ4v) is 4.12. The number of aryl methyl sites for hydroxylation is 1. The fourth-order valence-electron chi connectivity index (χ4n) is 4.12. The van der Waals surface area contributed by atoms with E-state index >= 15 is 4.39 Å². The van der Waals surface area contributed by atoms with Gasteiger partial charge in [-0.05, 0) is 41.8 Å². The molecule has 0 fully saturated rings. The van der Waals surface area contributed by atoms with Crippen molar-refractivity contribution in [1.29, 1.82) is 0 Å². The molecule has 0 spiro atoms. The average Bonchev–Trinajstić information content (AvgIpc) is 2.86. The van der Waals surface area contributed by atoms with E-state index in [2.05, 4.69) is 12.2 Å². The highest BCUT2D eigenvalue weighted by atomic mass is 19.1. The van der Waals surface area contributed by atoms with E-state index in [0.29, 0.717) is 46.0 Å². The molecule has 0 aliphatic heterocycles. The lowest BCUT2D eigenvalue weighted by Crippen LogP contribution is -2.29. The van der Waals surface area contributed by atoms with Crippen molar-refractivity contribution in [3.8, 4) is 22.3 Å². The number of halogens is 2. The van der Waals surface area contributed by atoms with Gasteiger partial charge in [-0.2, -0.15) is 0 Å². The summed E-state index contributed by atoms with van der Waals surface area (Å²) in [5.74, 6) is 0.163. The first-order valence-corrected chi connectivity index (χ1v) is 11.6. The first-order valence-electron chi connectivity index (χ1n) is 11.6. The lowest BCUT2D eigenvalue weighted by Gasteiger charge is -2.18. The predicted molar refractivity (Wildman–Crippen MR) is 137 cm³/mol. The average molecular weight is 475 g/mol. The van der Waals surface area contributed by atoms with E-state index in [9.17, 15) is 9.18 Å². The molecule has 0 saturated carbocycles. The van der Waals surface area contributed by atoms with E-state index in [4.69, 9.17) is 10.7 Å². The third-order valence-electron chi connectivity index (χ3n) is 6.03. The Hall–Kier alpha value is -4.00. The third kappa shape index (κ3) is 5.09. The van der Waals surface area contributed by atoms with E-state index in [1.807, 2.05) is 18.2 Å². The third-order valence-corrected chi connectivity index (χ3v) is 6.03. The van der Waals surface area contributed by atoms with Crippen LogP contribution in [0.3, 0.4) is 0 Å². The number of benzene rings is 3. The summed E-state index contributed by atoms with van der Waals surface area (Å²) in [5, 5.41) is 3.00. The molecular weight excluding hydrogens is 446 g/mol. The highest BCUT2D eigenvalue weighted by Crippen LogP contribution is 2.28. The van der Waals surface area contributed by atoms with Crippen molar-refractivity contribution in [2.24, 2.45) is 0 Å². The molecule has 0 unspecified atom stereocenters. The van der Waals surface area contributed by atoms with Crippen LogP contribution in [0.5, 0.6) is 0 Å². The molecule has 0 amide bonds. The molecule has 0 aliphatic rings. The number of anilines is 2. The van der Waals surface area contributed by atoms with Gasteiger partial charge < -0.3 is 11.1 Å². The van der Waals surface area contributed by atoms with Crippen LogP contribution in [0.2, 0.25) is 0 Å². The van der Waals surface area contributed by atoms with Crippen LogP contribution in [0.25, 0.3) is 22.3 Å². The Balaban J connectivity index is 1.81. The monoisotopic (exact) mass is 474 g/mol. The molecule has 1 heterocycles. The van der Waals surface area contributed by atoms with Gasteiger partial charge in [0.25, 0.3) is 5.56 Å². The number of rotatable bonds is 8. The number of nitrogens with two attached hydrogens (primary N) is 1. The molecule has 0 aliphatic carbocycles. The second kappa shape index (κ2) is 10.5. The number of hydrogen-bond acceptors (Lipinski definition) is 4. The van der Waals surface area contributed by atoms with Crippen molar-refractivity contribution in [2.75, 3.05) is 18.1 Å². The predicted octanol–water partition coefficient (Wildman–Crippen LogP) is 5.87. The zero-order valence-electron chi connectivity index (χ0n) is 19.8. The van der Waals surface area contributed by atoms with Gasteiger partial charge in [0.15, 0.2) is 0 Å².